The van der Waals surface area contributed by atoms with E-state index < -0.39 is 23.4 Å². The zero-order chi connectivity index (χ0) is 14.2. The van der Waals surface area contributed by atoms with Gasteiger partial charge in [0.2, 0.25) is 0 Å². The molecule has 0 aliphatic rings. The quantitative estimate of drug-likeness (QED) is 0.806. The molecule has 1 aromatic heterocycles. The molecule has 2 nitrogen and oxygen atoms in total. The smallest absolute Gasteiger partial charge is 0.381 e. The first kappa shape index (κ1) is 13.3. The number of pyridine rings is 1. The number of benzene rings is 1. The van der Waals surface area contributed by atoms with Gasteiger partial charge in [0.1, 0.15) is 5.82 Å². The van der Waals surface area contributed by atoms with Crippen LogP contribution < -0.4 is 5.73 Å². The van der Waals surface area contributed by atoms with Gasteiger partial charge in [0, 0.05) is 17.3 Å². The number of halogens is 5. The molecule has 0 unspecified atom stereocenters. The van der Waals surface area contributed by atoms with E-state index in [-0.39, 0.29) is 16.9 Å². The molecular weight excluding hydrogens is 267 g/mol. The monoisotopic (exact) mass is 274 g/mol. The minimum Gasteiger partial charge on any atom is -0.381 e. The Morgan fingerprint density at radius 3 is 2.21 bits per heavy atom. The number of anilines is 1. The zero-order valence-electron chi connectivity index (χ0n) is 9.30. The van der Waals surface area contributed by atoms with E-state index in [9.17, 15) is 22.0 Å². The summed E-state index contributed by atoms with van der Waals surface area (Å²) < 4.78 is 63.9. The molecule has 0 amide bonds. The lowest BCUT2D eigenvalue weighted by Gasteiger charge is -2.09. The predicted octanol–water partition coefficient (Wildman–Crippen LogP) is 3.63. The van der Waals surface area contributed by atoms with E-state index in [0.717, 1.165) is 18.3 Å². The molecule has 2 N–H and O–H groups in total. The number of nitrogens with zero attached hydrogens (tertiary/aromatic N) is 1. The molecule has 19 heavy (non-hydrogen) atoms. The third-order valence-corrected chi connectivity index (χ3v) is 2.48. The molecule has 0 aliphatic carbocycles. The van der Waals surface area contributed by atoms with Crippen LogP contribution in [0.25, 0.3) is 11.1 Å². The number of aromatic nitrogens is 1. The fourth-order valence-corrected chi connectivity index (χ4v) is 1.52. The zero-order valence-corrected chi connectivity index (χ0v) is 9.30. The Labute approximate surface area is 104 Å². The first-order chi connectivity index (χ1) is 8.79. The van der Waals surface area contributed by atoms with Gasteiger partial charge in [0.05, 0.1) is 5.56 Å². The molecule has 7 heteroatoms. The second-order valence-electron chi connectivity index (χ2n) is 3.78. The van der Waals surface area contributed by atoms with Crippen LogP contribution in [0, 0.1) is 11.6 Å². The van der Waals surface area contributed by atoms with E-state index in [4.69, 9.17) is 5.73 Å². The van der Waals surface area contributed by atoms with Crippen LogP contribution in [0.15, 0.2) is 30.5 Å². The first-order valence-electron chi connectivity index (χ1n) is 5.07. The van der Waals surface area contributed by atoms with Gasteiger partial charge in [-0.05, 0) is 18.2 Å². The van der Waals surface area contributed by atoms with Crippen molar-refractivity contribution in [3.05, 3.63) is 47.7 Å². The van der Waals surface area contributed by atoms with Gasteiger partial charge in [-0.1, -0.05) is 6.07 Å². The molecule has 0 saturated carbocycles. The Bertz CT molecular complexity index is 622. The molecule has 0 saturated heterocycles. The summed E-state index contributed by atoms with van der Waals surface area (Å²) >= 11 is 0. The van der Waals surface area contributed by atoms with Gasteiger partial charge < -0.3 is 5.73 Å². The fraction of sp³-hybridized carbons (Fsp3) is 0.0833. The summed E-state index contributed by atoms with van der Waals surface area (Å²) in [6, 6.07) is 2.90. The highest BCUT2D eigenvalue weighted by molar-refractivity contribution is 5.65. The van der Waals surface area contributed by atoms with Gasteiger partial charge in [0.25, 0.3) is 0 Å². The lowest BCUT2D eigenvalue weighted by Crippen LogP contribution is -2.05. The van der Waals surface area contributed by atoms with Crippen LogP contribution >= 0.6 is 0 Å². The third-order valence-electron chi connectivity index (χ3n) is 2.48. The van der Waals surface area contributed by atoms with E-state index >= 15 is 0 Å². The molecule has 0 bridgehead atoms. The van der Waals surface area contributed by atoms with Crippen molar-refractivity contribution in [2.45, 2.75) is 6.18 Å². The highest BCUT2D eigenvalue weighted by atomic mass is 19.4. The van der Waals surface area contributed by atoms with Gasteiger partial charge in [-0.3, -0.25) is 0 Å². The van der Waals surface area contributed by atoms with Crippen LogP contribution in [0.5, 0.6) is 0 Å². The van der Waals surface area contributed by atoms with Crippen molar-refractivity contribution in [2.75, 3.05) is 5.73 Å². The van der Waals surface area contributed by atoms with Crippen molar-refractivity contribution >= 4 is 5.82 Å². The molecular formula is C12H7F5N2. The Balaban J connectivity index is 2.49. The maximum atomic E-state index is 13.6. The molecule has 0 atom stereocenters. The highest BCUT2D eigenvalue weighted by Crippen LogP contribution is 2.32. The minimum absolute atomic E-state index is 0.0120. The molecule has 0 aliphatic heterocycles. The summed E-state index contributed by atoms with van der Waals surface area (Å²) in [7, 11) is 0. The molecule has 0 fully saturated rings. The number of rotatable bonds is 1. The topological polar surface area (TPSA) is 38.9 Å². The van der Waals surface area contributed by atoms with E-state index in [2.05, 4.69) is 4.98 Å². The molecule has 1 aromatic carbocycles. The van der Waals surface area contributed by atoms with Crippen LogP contribution in [-0.2, 0) is 6.18 Å². The maximum absolute atomic E-state index is 13.6. The Morgan fingerprint density at radius 2 is 1.68 bits per heavy atom. The van der Waals surface area contributed by atoms with Gasteiger partial charge in [-0.25, -0.2) is 13.8 Å². The predicted molar refractivity (Wildman–Crippen MR) is 59.0 cm³/mol. The van der Waals surface area contributed by atoms with E-state index in [0.29, 0.717) is 12.1 Å². The summed E-state index contributed by atoms with van der Waals surface area (Å²) in [5, 5.41) is 0. The summed E-state index contributed by atoms with van der Waals surface area (Å²) in [6.45, 7) is 0. The highest BCUT2D eigenvalue weighted by Gasteiger charge is 2.31. The normalized spacial score (nSPS) is 11.6. The summed E-state index contributed by atoms with van der Waals surface area (Å²) in [5.41, 5.74) is 3.87. The second kappa shape index (κ2) is 4.49. The van der Waals surface area contributed by atoms with Gasteiger partial charge in [0.15, 0.2) is 11.6 Å². The van der Waals surface area contributed by atoms with Crippen molar-refractivity contribution < 1.29 is 22.0 Å². The van der Waals surface area contributed by atoms with Crippen molar-refractivity contribution in [2.24, 2.45) is 0 Å². The Morgan fingerprint density at radius 1 is 1.00 bits per heavy atom. The van der Waals surface area contributed by atoms with Crippen LogP contribution in [-0.4, -0.2) is 4.98 Å². The van der Waals surface area contributed by atoms with Gasteiger partial charge >= 0.3 is 6.18 Å². The molecule has 2 aromatic rings. The summed E-state index contributed by atoms with van der Waals surface area (Å²) in [4.78, 5) is 3.48. The standard InChI is InChI=1S/C12H7F5N2/c13-9-4-7(12(15,16)17)1-2-8(9)6-3-10(14)11(18)19-5-6/h1-5H,(H2,18,19). The maximum Gasteiger partial charge on any atom is 0.416 e. The van der Waals surface area contributed by atoms with Crippen LogP contribution in [0.2, 0.25) is 0 Å². The molecule has 100 valence electrons. The SMILES string of the molecule is Nc1ncc(-c2ccc(C(F)(F)F)cc2F)cc1F. The van der Waals surface area contributed by atoms with Crippen molar-refractivity contribution in [3.8, 4) is 11.1 Å². The van der Waals surface area contributed by atoms with Crippen LogP contribution in [0.1, 0.15) is 5.56 Å². The first-order valence-corrected chi connectivity index (χ1v) is 5.07. The largest absolute Gasteiger partial charge is 0.416 e. The minimum atomic E-state index is -4.63. The average Bonchev–Trinajstić information content (AvgIpc) is 2.31. The van der Waals surface area contributed by atoms with E-state index in [1.807, 2.05) is 0 Å². The number of hydrogen-bond acceptors (Lipinski definition) is 2. The summed E-state index contributed by atoms with van der Waals surface area (Å²) in [6.07, 6.45) is -3.55. The van der Waals surface area contributed by atoms with E-state index in [1.165, 1.54) is 0 Å². The Hall–Kier alpha value is -2.18. The molecule has 0 radical (unpaired) electrons. The fourth-order valence-electron chi connectivity index (χ4n) is 1.52. The lowest BCUT2D eigenvalue weighted by molar-refractivity contribution is -0.137. The number of alkyl halides is 3. The Kier molecular flexibility index (Phi) is 3.13. The van der Waals surface area contributed by atoms with Crippen molar-refractivity contribution in [3.63, 3.8) is 0 Å². The molecule has 1 heterocycles. The summed E-state index contributed by atoms with van der Waals surface area (Å²) in [5.74, 6) is -2.34. The molecule has 0 spiro atoms. The number of nitrogens with two attached hydrogens (primary N) is 1. The van der Waals surface area contributed by atoms with Gasteiger partial charge in [-0.2, -0.15) is 13.2 Å². The number of hydrogen-bond donors (Lipinski definition) is 1. The lowest BCUT2D eigenvalue weighted by atomic mass is 10.0. The average molecular weight is 274 g/mol. The second-order valence-corrected chi connectivity index (χ2v) is 3.78. The van der Waals surface area contributed by atoms with Gasteiger partial charge in [-0.15, -0.1) is 0 Å². The number of nitrogen functional groups attached to an aromatic ring is 1. The molecule has 2 rings (SSSR count). The third kappa shape index (κ3) is 2.64. The van der Waals surface area contributed by atoms with Crippen molar-refractivity contribution in [1.29, 1.82) is 0 Å². The van der Waals surface area contributed by atoms with Crippen molar-refractivity contribution in [1.82, 2.24) is 4.98 Å². The van der Waals surface area contributed by atoms with Crippen LogP contribution in [0.4, 0.5) is 27.8 Å². The van der Waals surface area contributed by atoms with Crippen LogP contribution in [0.3, 0.4) is 0 Å². The van der Waals surface area contributed by atoms with E-state index in [1.54, 1.807) is 0 Å².